The van der Waals surface area contributed by atoms with E-state index in [1.165, 1.54) is 5.69 Å². The van der Waals surface area contributed by atoms with Crippen molar-refractivity contribution in [2.75, 3.05) is 43.4 Å². The quantitative estimate of drug-likeness (QED) is 0.685. The summed E-state index contributed by atoms with van der Waals surface area (Å²) < 4.78 is 1.69. The number of para-hydroxylation sites is 1. The SMILES string of the molecule is Cc1cc(NC(=O)c2cnn(-c3ccccc3Cl)c2C)ccc1N1CCN(C)CC1. The minimum atomic E-state index is -0.183. The molecule has 7 heteroatoms. The Bertz CT molecular complexity index is 1070. The maximum Gasteiger partial charge on any atom is 0.259 e. The minimum absolute atomic E-state index is 0.183. The van der Waals surface area contributed by atoms with Gasteiger partial charge in [0.2, 0.25) is 0 Å². The second kappa shape index (κ2) is 8.50. The van der Waals surface area contributed by atoms with E-state index in [0.717, 1.165) is 48.8 Å². The van der Waals surface area contributed by atoms with Gasteiger partial charge >= 0.3 is 0 Å². The molecule has 6 nitrogen and oxygen atoms in total. The Morgan fingerprint density at radius 3 is 2.47 bits per heavy atom. The number of aryl methyl sites for hydroxylation is 1. The number of amides is 1. The van der Waals surface area contributed by atoms with Crippen LogP contribution < -0.4 is 10.2 Å². The molecule has 30 heavy (non-hydrogen) atoms. The van der Waals surface area contributed by atoms with Crippen molar-refractivity contribution in [3.8, 4) is 5.69 Å². The zero-order chi connectivity index (χ0) is 21.3. The Kier molecular flexibility index (Phi) is 5.79. The van der Waals surface area contributed by atoms with Crippen LogP contribution in [0.25, 0.3) is 5.69 Å². The summed E-state index contributed by atoms with van der Waals surface area (Å²) in [5.74, 6) is -0.183. The van der Waals surface area contributed by atoms with E-state index < -0.39 is 0 Å². The Balaban J connectivity index is 1.51. The van der Waals surface area contributed by atoms with Crippen LogP contribution in [0.3, 0.4) is 0 Å². The van der Waals surface area contributed by atoms with Crippen LogP contribution >= 0.6 is 11.6 Å². The number of carbonyl (C=O) groups excluding carboxylic acids is 1. The minimum Gasteiger partial charge on any atom is -0.369 e. The first-order chi connectivity index (χ1) is 14.4. The van der Waals surface area contributed by atoms with Gasteiger partial charge in [0.15, 0.2) is 0 Å². The Hall–Kier alpha value is -2.83. The molecule has 156 valence electrons. The Morgan fingerprint density at radius 1 is 1.03 bits per heavy atom. The molecule has 1 aliphatic heterocycles. The second-order valence-corrected chi connectivity index (χ2v) is 8.16. The van der Waals surface area contributed by atoms with Crippen molar-refractivity contribution >= 4 is 28.9 Å². The van der Waals surface area contributed by atoms with Crippen LogP contribution in [0.2, 0.25) is 5.02 Å². The fraction of sp³-hybridized carbons (Fsp3) is 0.304. The number of hydrogen-bond acceptors (Lipinski definition) is 4. The number of halogens is 1. The van der Waals surface area contributed by atoms with Crippen molar-refractivity contribution in [1.29, 1.82) is 0 Å². The number of anilines is 2. The number of rotatable bonds is 4. The smallest absolute Gasteiger partial charge is 0.259 e. The van der Waals surface area contributed by atoms with E-state index in [-0.39, 0.29) is 5.91 Å². The highest BCUT2D eigenvalue weighted by molar-refractivity contribution is 6.32. The van der Waals surface area contributed by atoms with Crippen molar-refractivity contribution in [3.05, 3.63) is 70.5 Å². The van der Waals surface area contributed by atoms with E-state index in [1.54, 1.807) is 10.9 Å². The highest BCUT2D eigenvalue weighted by atomic mass is 35.5. The molecule has 4 rings (SSSR count). The zero-order valence-electron chi connectivity index (χ0n) is 17.5. The fourth-order valence-corrected chi connectivity index (χ4v) is 4.05. The zero-order valence-corrected chi connectivity index (χ0v) is 18.3. The van der Waals surface area contributed by atoms with Gasteiger partial charge < -0.3 is 15.1 Å². The molecule has 2 heterocycles. The van der Waals surface area contributed by atoms with Crippen LogP contribution in [0.5, 0.6) is 0 Å². The number of piperazine rings is 1. The number of likely N-dealkylation sites (N-methyl/N-ethyl adjacent to an activating group) is 1. The largest absolute Gasteiger partial charge is 0.369 e. The first kappa shape index (κ1) is 20.4. The average Bonchev–Trinajstić information content (AvgIpc) is 3.11. The lowest BCUT2D eigenvalue weighted by Gasteiger charge is -2.35. The molecular formula is C23H26ClN5O. The van der Waals surface area contributed by atoms with E-state index in [2.05, 4.69) is 40.3 Å². The summed E-state index contributed by atoms with van der Waals surface area (Å²) in [6, 6.07) is 13.5. The first-order valence-electron chi connectivity index (χ1n) is 10.1. The molecule has 1 amide bonds. The van der Waals surface area contributed by atoms with Gasteiger partial charge in [-0.3, -0.25) is 4.79 Å². The number of nitrogens with one attached hydrogen (secondary N) is 1. The summed E-state index contributed by atoms with van der Waals surface area (Å²) in [5, 5.41) is 7.96. The number of nitrogens with zero attached hydrogens (tertiary/aromatic N) is 4. The standard InChI is InChI=1S/C23H26ClN5O/c1-16-14-18(8-9-21(16)28-12-10-27(3)11-13-28)26-23(30)19-15-25-29(17(19)2)22-7-5-4-6-20(22)24/h4-9,14-15H,10-13H2,1-3H3,(H,26,30). The Labute approximate surface area is 182 Å². The predicted molar refractivity (Wildman–Crippen MR) is 122 cm³/mol. The van der Waals surface area contributed by atoms with Crippen LogP contribution in [0.1, 0.15) is 21.6 Å². The predicted octanol–water partition coefficient (Wildman–Crippen LogP) is 4.15. The van der Waals surface area contributed by atoms with Crippen LogP contribution in [-0.2, 0) is 0 Å². The maximum atomic E-state index is 12.9. The van der Waals surface area contributed by atoms with Gasteiger partial charge in [0.05, 0.1) is 28.2 Å². The molecule has 1 saturated heterocycles. The van der Waals surface area contributed by atoms with Gasteiger partial charge in [0, 0.05) is 37.6 Å². The van der Waals surface area contributed by atoms with Crippen LogP contribution in [-0.4, -0.2) is 53.8 Å². The number of aromatic nitrogens is 2. The fourth-order valence-electron chi connectivity index (χ4n) is 3.83. The van der Waals surface area contributed by atoms with Gasteiger partial charge in [-0.15, -0.1) is 0 Å². The monoisotopic (exact) mass is 423 g/mol. The third-order valence-corrected chi connectivity index (χ3v) is 5.95. The van der Waals surface area contributed by atoms with Crippen molar-refractivity contribution in [2.24, 2.45) is 0 Å². The normalized spacial score (nSPS) is 14.7. The summed E-state index contributed by atoms with van der Waals surface area (Å²) >= 11 is 6.29. The summed E-state index contributed by atoms with van der Waals surface area (Å²) in [5.41, 5.74) is 5.18. The van der Waals surface area contributed by atoms with Gasteiger partial charge in [-0.25, -0.2) is 4.68 Å². The molecule has 0 aliphatic carbocycles. The van der Waals surface area contributed by atoms with Crippen molar-refractivity contribution in [2.45, 2.75) is 13.8 Å². The average molecular weight is 424 g/mol. The van der Waals surface area contributed by atoms with Gasteiger partial charge in [-0.1, -0.05) is 23.7 Å². The lowest BCUT2D eigenvalue weighted by Crippen LogP contribution is -2.44. The second-order valence-electron chi connectivity index (χ2n) is 7.75. The summed E-state index contributed by atoms with van der Waals surface area (Å²) in [4.78, 5) is 17.6. The highest BCUT2D eigenvalue weighted by Crippen LogP contribution is 2.26. The van der Waals surface area contributed by atoms with Crippen LogP contribution in [0.15, 0.2) is 48.7 Å². The van der Waals surface area contributed by atoms with Gasteiger partial charge in [-0.05, 0) is 56.8 Å². The van der Waals surface area contributed by atoms with Crippen LogP contribution in [0, 0.1) is 13.8 Å². The molecule has 0 atom stereocenters. The van der Waals surface area contributed by atoms with Crippen molar-refractivity contribution in [3.63, 3.8) is 0 Å². The van der Waals surface area contributed by atoms with E-state index in [9.17, 15) is 4.79 Å². The van der Waals surface area contributed by atoms with Gasteiger partial charge in [0.1, 0.15) is 0 Å². The van der Waals surface area contributed by atoms with E-state index in [4.69, 9.17) is 11.6 Å². The molecule has 0 bridgehead atoms. The van der Waals surface area contributed by atoms with Gasteiger partial charge in [0.25, 0.3) is 5.91 Å². The van der Waals surface area contributed by atoms with Crippen LogP contribution in [0.4, 0.5) is 11.4 Å². The third-order valence-electron chi connectivity index (χ3n) is 5.63. The molecule has 0 unspecified atom stereocenters. The number of benzene rings is 2. The topological polar surface area (TPSA) is 53.4 Å². The molecule has 0 radical (unpaired) electrons. The molecule has 1 aromatic heterocycles. The summed E-state index contributed by atoms with van der Waals surface area (Å²) in [7, 11) is 2.15. The highest BCUT2D eigenvalue weighted by Gasteiger charge is 2.18. The molecule has 3 aromatic rings. The molecule has 1 N–H and O–H groups in total. The molecule has 1 aliphatic rings. The lowest BCUT2D eigenvalue weighted by atomic mass is 10.1. The maximum absolute atomic E-state index is 12.9. The molecule has 0 spiro atoms. The number of carbonyl (C=O) groups is 1. The van der Waals surface area contributed by atoms with E-state index in [1.807, 2.05) is 43.3 Å². The van der Waals surface area contributed by atoms with E-state index >= 15 is 0 Å². The molecule has 0 saturated carbocycles. The molecular weight excluding hydrogens is 398 g/mol. The molecule has 2 aromatic carbocycles. The summed E-state index contributed by atoms with van der Waals surface area (Å²) in [6.45, 7) is 8.11. The number of hydrogen-bond donors (Lipinski definition) is 1. The summed E-state index contributed by atoms with van der Waals surface area (Å²) in [6.07, 6.45) is 1.58. The van der Waals surface area contributed by atoms with Crippen molar-refractivity contribution in [1.82, 2.24) is 14.7 Å². The Morgan fingerprint density at radius 2 is 1.77 bits per heavy atom. The third kappa shape index (κ3) is 4.06. The molecule has 1 fully saturated rings. The first-order valence-corrected chi connectivity index (χ1v) is 10.5. The lowest BCUT2D eigenvalue weighted by molar-refractivity contribution is 0.102. The van der Waals surface area contributed by atoms with E-state index in [0.29, 0.717) is 10.6 Å². The van der Waals surface area contributed by atoms with Gasteiger partial charge in [-0.2, -0.15) is 5.10 Å². The van der Waals surface area contributed by atoms with Crippen molar-refractivity contribution < 1.29 is 4.79 Å².